The Balaban J connectivity index is 4.48. The molecule has 0 rings (SSSR count). The highest BCUT2D eigenvalue weighted by Crippen LogP contribution is 2.05. The molecule has 0 bridgehead atoms. The summed E-state index contributed by atoms with van der Waals surface area (Å²) in [6.45, 7) is 5.51. The van der Waals surface area contributed by atoms with E-state index in [-0.39, 0.29) is 18.9 Å². The Morgan fingerprint density at radius 1 is 1.40 bits per heavy atom. The summed E-state index contributed by atoms with van der Waals surface area (Å²) in [6.07, 6.45) is 0.264. The fourth-order valence-electron chi connectivity index (χ4n) is 1.09. The first-order valence-corrected chi connectivity index (χ1v) is 6.26. The molecule has 90 valence electrons. The van der Waals surface area contributed by atoms with E-state index in [9.17, 15) is 13.2 Å². The van der Waals surface area contributed by atoms with Crippen LogP contribution >= 0.6 is 0 Å². The van der Waals surface area contributed by atoms with Crippen LogP contribution in [0.5, 0.6) is 0 Å². The number of carboxylic acids is 1. The number of carbonyl (C=O) groups is 1. The zero-order valence-electron chi connectivity index (χ0n) is 9.15. The van der Waals surface area contributed by atoms with Gasteiger partial charge in [0.2, 0.25) is 0 Å². The number of hydrogen-bond acceptors (Lipinski definition) is 3. The van der Waals surface area contributed by atoms with Gasteiger partial charge in [-0.2, -0.15) is 13.1 Å². The van der Waals surface area contributed by atoms with Crippen LogP contribution in [0.1, 0.15) is 27.2 Å². The molecule has 0 saturated carbocycles. The molecule has 1 unspecified atom stereocenters. The van der Waals surface area contributed by atoms with Gasteiger partial charge in [0.15, 0.2) is 0 Å². The van der Waals surface area contributed by atoms with Crippen molar-refractivity contribution in [2.75, 3.05) is 6.54 Å². The summed E-state index contributed by atoms with van der Waals surface area (Å²) in [5.41, 5.74) is 0. The van der Waals surface area contributed by atoms with Crippen LogP contribution in [0.2, 0.25) is 0 Å². The van der Waals surface area contributed by atoms with E-state index < -0.39 is 22.2 Å². The summed E-state index contributed by atoms with van der Waals surface area (Å²) >= 11 is 0. The number of aliphatic carboxylic acids is 1. The Labute approximate surface area is 90.2 Å². The Hall–Kier alpha value is -0.660. The minimum absolute atomic E-state index is 0.107. The van der Waals surface area contributed by atoms with E-state index in [1.807, 2.05) is 13.8 Å². The topological polar surface area (TPSA) is 95.5 Å². The van der Waals surface area contributed by atoms with Crippen LogP contribution < -0.4 is 9.44 Å². The predicted molar refractivity (Wildman–Crippen MR) is 56.6 cm³/mol. The van der Waals surface area contributed by atoms with Gasteiger partial charge < -0.3 is 5.11 Å². The van der Waals surface area contributed by atoms with Crippen LogP contribution in [0.25, 0.3) is 0 Å². The van der Waals surface area contributed by atoms with Gasteiger partial charge in [0.25, 0.3) is 10.2 Å². The van der Waals surface area contributed by atoms with Gasteiger partial charge in [-0.15, -0.1) is 0 Å². The second-order valence-corrected chi connectivity index (χ2v) is 5.17. The third-order valence-corrected chi connectivity index (χ3v) is 2.90. The van der Waals surface area contributed by atoms with Gasteiger partial charge in [-0.3, -0.25) is 4.79 Å². The first-order chi connectivity index (χ1) is 6.78. The van der Waals surface area contributed by atoms with Crippen LogP contribution in [0.4, 0.5) is 0 Å². The monoisotopic (exact) mass is 238 g/mol. The van der Waals surface area contributed by atoms with E-state index in [1.54, 1.807) is 6.92 Å². The standard InChI is InChI=1S/C8H18N2O4S/c1-4-9-15(13,14)10-7(8(11)12)5-6(2)3/h6-7,9-10H,4-5H2,1-3H3,(H,11,12). The van der Waals surface area contributed by atoms with Crippen molar-refractivity contribution < 1.29 is 18.3 Å². The van der Waals surface area contributed by atoms with E-state index in [2.05, 4.69) is 9.44 Å². The zero-order valence-corrected chi connectivity index (χ0v) is 9.97. The quantitative estimate of drug-likeness (QED) is 0.578. The molecule has 0 aromatic heterocycles. The molecule has 1 atom stereocenters. The fraction of sp³-hybridized carbons (Fsp3) is 0.875. The Morgan fingerprint density at radius 2 is 1.93 bits per heavy atom. The first-order valence-electron chi connectivity index (χ1n) is 4.78. The van der Waals surface area contributed by atoms with Gasteiger partial charge in [0.1, 0.15) is 6.04 Å². The molecule has 0 amide bonds. The summed E-state index contributed by atoms with van der Waals surface area (Å²) in [5, 5.41) is 8.80. The maximum Gasteiger partial charge on any atom is 0.321 e. The van der Waals surface area contributed by atoms with Crippen LogP contribution in [0.3, 0.4) is 0 Å². The van der Waals surface area contributed by atoms with E-state index >= 15 is 0 Å². The highest BCUT2D eigenvalue weighted by molar-refractivity contribution is 7.87. The summed E-state index contributed by atoms with van der Waals surface area (Å²) in [4.78, 5) is 10.8. The lowest BCUT2D eigenvalue weighted by Crippen LogP contribution is -2.46. The second kappa shape index (κ2) is 6.04. The predicted octanol–water partition coefficient (Wildman–Crippen LogP) is -0.0704. The Bertz CT molecular complexity index is 300. The van der Waals surface area contributed by atoms with Crippen molar-refractivity contribution in [1.82, 2.24) is 9.44 Å². The van der Waals surface area contributed by atoms with Gasteiger partial charge in [-0.1, -0.05) is 20.8 Å². The Kier molecular flexibility index (Phi) is 5.77. The van der Waals surface area contributed by atoms with Gasteiger partial charge in [-0.25, -0.2) is 4.72 Å². The van der Waals surface area contributed by atoms with Crippen molar-refractivity contribution >= 4 is 16.2 Å². The Morgan fingerprint density at radius 3 is 2.27 bits per heavy atom. The summed E-state index contributed by atoms with van der Waals surface area (Å²) < 4.78 is 26.7. The molecule has 6 nitrogen and oxygen atoms in total. The molecule has 0 fully saturated rings. The molecule has 0 aliphatic heterocycles. The SMILES string of the molecule is CCNS(=O)(=O)NC(CC(C)C)C(=O)O. The van der Waals surface area contributed by atoms with Crippen molar-refractivity contribution in [2.45, 2.75) is 33.2 Å². The zero-order chi connectivity index (χ0) is 12.1. The second-order valence-electron chi connectivity index (χ2n) is 3.64. The molecule has 15 heavy (non-hydrogen) atoms. The molecular weight excluding hydrogens is 220 g/mol. The van der Waals surface area contributed by atoms with Gasteiger partial charge in [-0.05, 0) is 12.3 Å². The first kappa shape index (κ1) is 14.3. The number of nitrogens with one attached hydrogen (secondary N) is 2. The third-order valence-electron chi connectivity index (χ3n) is 1.64. The van der Waals surface area contributed by atoms with E-state index in [0.29, 0.717) is 0 Å². The molecule has 7 heteroatoms. The lowest BCUT2D eigenvalue weighted by molar-refractivity contribution is -0.139. The summed E-state index contributed by atoms with van der Waals surface area (Å²) in [5.74, 6) is -1.05. The number of hydrogen-bond donors (Lipinski definition) is 3. The van der Waals surface area contributed by atoms with Crippen molar-refractivity contribution in [3.63, 3.8) is 0 Å². The summed E-state index contributed by atoms with van der Waals surface area (Å²) in [6, 6.07) is -1.07. The highest BCUT2D eigenvalue weighted by atomic mass is 32.2. The molecule has 0 aliphatic carbocycles. The molecule has 0 spiro atoms. The molecule has 0 aliphatic rings. The van der Waals surface area contributed by atoms with Crippen LogP contribution in [-0.2, 0) is 15.0 Å². The fourth-order valence-corrected chi connectivity index (χ4v) is 2.12. The molecule has 0 saturated heterocycles. The molecule has 0 aromatic rings. The maximum absolute atomic E-state index is 11.2. The van der Waals surface area contributed by atoms with Crippen LogP contribution in [-0.4, -0.2) is 32.1 Å². The average Bonchev–Trinajstić information content (AvgIpc) is 2.00. The normalized spacial score (nSPS) is 14.1. The lowest BCUT2D eigenvalue weighted by Gasteiger charge is -2.16. The van der Waals surface area contributed by atoms with Crippen molar-refractivity contribution in [3.05, 3.63) is 0 Å². The van der Waals surface area contributed by atoms with E-state index in [0.717, 1.165) is 0 Å². The number of rotatable bonds is 7. The number of carboxylic acid groups (broad SMARTS) is 1. The average molecular weight is 238 g/mol. The van der Waals surface area contributed by atoms with Gasteiger partial charge >= 0.3 is 5.97 Å². The lowest BCUT2D eigenvalue weighted by atomic mass is 10.1. The van der Waals surface area contributed by atoms with Crippen molar-refractivity contribution in [1.29, 1.82) is 0 Å². The third kappa shape index (κ3) is 6.43. The highest BCUT2D eigenvalue weighted by Gasteiger charge is 2.23. The van der Waals surface area contributed by atoms with E-state index in [4.69, 9.17) is 5.11 Å². The molecular formula is C8H18N2O4S. The maximum atomic E-state index is 11.2. The van der Waals surface area contributed by atoms with Crippen LogP contribution in [0, 0.1) is 5.92 Å². The smallest absolute Gasteiger partial charge is 0.321 e. The van der Waals surface area contributed by atoms with Crippen LogP contribution in [0.15, 0.2) is 0 Å². The minimum atomic E-state index is -3.70. The van der Waals surface area contributed by atoms with Gasteiger partial charge in [0, 0.05) is 6.54 Å². The van der Waals surface area contributed by atoms with Crippen molar-refractivity contribution in [3.8, 4) is 0 Å². The molecule has 0 heterocycles. The summed E-state index contributed by atoms with van der Waals surface area (Å²) in [7, 11) is -3.70. The van der Waals surface area contributed by atoms with Gasteiger partial charge in [0.05, 0.1) is 0 Å². The molecule has 0 aromatic carbocycles. The van der Waals surface area contributed by atoms with E-state index in [1.165, 1.54) is 0 Å². The molecule has 3 N–H and O–H groups in total. The van der Waals surface area contributed by atoms with Crippen molar-refractivity contribution in [2.24, 2.45) is 5.92 Å². The largest absolute Gasteiger partial charge is 0.480 e. The minimum Gasteiger partial charge on any atom is -0.480 e. The molecule has 0 radical (unpaired) electrons.